The van der Waals surface area contributed by atoms with Gasteiger partial charge in [-0.1, -0.05) is 109 Å². The van der Waals surface area contributed by atoms with Crippen molar-refractivity contribution in [3.63, 3.8) is 0 Å². The van der Waals surface area contributed by atoms with Crippen LogP contribution in [0.3, 0.4) is 0 Å². The number of hydrogen-bond acceptors (Lipinski definition) is 0. The Kier molecular flexibility index (Phi) is 4.18. The number of hydrogen-bond donors (Lipinski definition) is 0. The lowest BCUT2D eigenvalue weighted by molar-refractivity contribution is 1.36. The molecule has 4 nitrogen and oxygen atoms in total. The first kappa shape index (κ1) is 27.7. The molecule has 262 valence electrons. The standard InChI is InChI=1S/C54H26N4/c1-3-19-43-27(9-1)29-11-5-13-31-37-23-47-39(21-45(37)55(43)51(29)31)33-15-7-17-35-41-26-50-42(25-49(41)57(47)53(33)35)36-18-8-16-34-40-22-46-38(24-48(40)58(50)54(34)36)32-14-6-12-30-28-10-2-4-20-44(28)56(46)52(30)32/h1-26H. The fourth-order valence-corrected chi connectivity index (χ4v) is 12.3. The smallest absolute Gasteiger partial charge is 0.0620 e. The van der Waals surface area contributed by atoms with Crippen molar-refractivity contribution in [3.8, 4) is 0 Å². The molecule has 58 heavy (non-hydrogen) atoms. The molecule has 0 fully saturated rings. The summed E-state index contributed by atoms with van der Waals surface area (Å²) in [6, 6.07) is 60.1. The highest BCUT2D eigenvalue weighted by Gasteiger charge is 2.26. The number of aromatic nitrogens is 4. The summed E-state index contributed by atoms with van der Waals surface area (Å²) in [5, 5.41) is 21.0. The molecule has 0 atom stereocenters. The molecule has 0 aliphatic carbocycles. The lowest BCUT2D eigenvalue weighted by Gasteiger charge is -2.03. The molecule has 0 aliphatic rings. The van der Waals surface area contributed by atoms with Crippen molar-refractivity contribution in [1.29, 1.82) is 0 Å². The molecule has 8 aromatic heterocycles. The Morgan fingerprint density at radius 1 is 0.172 bits per heavy atom. The summed E-state index contributed by atoms with van der Waals surface area (Å²) in [5.41, 5.74) is 15.5. The summed E-state index contributed by atoms with van der Waals surface area (Å²) in [7, 11) is 0. The summed E-state index contributed by atoms with van der Waals surface area (Å²) in [5.74, 6) is 0. The highest BCUT2D eigenvalue weighted by atomic mass is 15.0. The zero-order valence-corrected chi connectivity index (χ0v) is 30.8. The van der Waals surface area contributed by atoms with E-state index in [1.807, 2.05) is 0 Å². The summed E-state index contributed by atoms with van der Waals surface area (Å²) >= 11 is 0. The predicted octanol–water partition coefficient (Wildman–Crippen LogP) is 14.3. The van der Waals surface area contributed by atoms with Crippen LogP contribution in [0.4, 0.5) is 0 Å². The Bertz CT molecular complexity index is 4420. The second-order valence-electron chi connectivity index (χ2n) is 16.8. The molecule has 9 aromatic carbocycles. The lowest BCUT2D eigenvalue weighted by atomic mass is 10.0. The minimum Gasteiger partial charge on any atom is -0.308 e. The van der Waals surface area contributed by atoms with Crippen LogP contribution in [0.25, 0.3) is 152 Å². The third-order valence-corrected chi connectivity index (χ3v) is 14.4. The van der Waals surface area contributed by atoms with Crippen LogP contribution >= 0.6 is 0 Å². The number of nitrogens with zero attached hydrogens (tertiary/aromatic N) is 4. The lowest BCUT2D eigenvalue weighted by Crippen LogP contribution is -1.85. The van der Waals surface area contributed by atoms with Gasteiger partial charge in [-0.2, -0.15) is 0 Å². The maximum Gasteiger partial charge on any atom is 0.0620 e. The molecule has 0 bridgehead atoms. The number of para-hydroxylation sites is 6. The maximum atomic E-state index is 2.57. The number of benzene rings is 9. The molecule has 0 saturated heterocycles. The van der Waals surface area contributed by atoms with Gasteiger partial charge >= 0.3 is 0 Å². The largest absolute Gasteiger partial charge is 0.308 e. The highest BCUT2D eigenvalue weighted by Crippen LogP contribution is 2.48. The molecule has 0 aliphatic heterocycles. The van der Waals surface area contributed by atoms with E-state index in [0.717, 1.165) is 0 Å². The molecular weight excluding hydrogens is 705 g/mol. The van der Waals surface area contributed by atoms with Crippen LogP contribution in [0.5, 0.6) is 0 Å². The SMILES string of the molecule is c1ccc2c(c1)c1cccc3c4cc5c(cc4n2c13)c1cccc2c3cc4c(cc3n5c12)c1cccc2c3cc5c(cc3n4c21)c1cccc2c3ccccc3n5c21. The van der Waals surface area contributed by atoms with Gasteiger partial charge in [-0.25, -0.2) is 0 Å². The van der Waals surface area contributed by atoms with Crippen LogP contribution in [0, 0.1) is 0 Å². The fourth-order valence-electron chi connectivity index (χ4n) is 12.3. The van der Waals surface area contributed by atoms with E-state index in [-0.39, 0.29) is 0 Å². The first-order valence-corrected chi connectivity index (χ1v) is 20.3. The quantitative estimate of drug-likeness (QED) is 0.148. The zero-order chi connectivity index (χ0) is 36.9. The third kappa shape index (κ3) is 2.73. The van der Waals surface area contributed by atoms with Crippen LogP contribution in [0.15, 0.2) is 158 Å². The Hall–Kier alpha value is -7.82. The first-order valence-electron chi connectivity index (χ1n) is 20.3. The van der Waals surface area contributed by atoms with Gasteiger partial charge in [0.05, 0.1) is 66.2 Å². The van der Waals surface area contributed by atoms with E-state index in [2.05, 4.69) is 175 Å². The van der Waals surface area contributed by atoms with Crippen molar-refractivity contribution in [1.82, 2.24) is 17.6 Å². The van der Waals surface area contributed by atoms with Crippen LogP contribution in [-0.2, 0) is 0 Å². The summed E-state index contributed by atoms with van der Waals surface area (Å²) in [4.78, 5) is 0. The second kappa shape index (κ2) is 8.76. The van der Waals surface area contributed by atoms with E-state index in [1.165, 1.54) is 152 Å². The van der Waals surface area contributed by atoms with Crippen molar-refractivity contribution in [2.24, 2.45) is 0 Å². The topological polar surface area (TPSA) is 17.6 Å². The van der Waals surface area contributed by atoms with Gasteiger partial charge in [0.15, 0.2) is 0 Å². The van der Waals surface area contributed by atoms with Crippen LogP contribution in [-0.4, -0.2) is 17.6 Å². The predicted molar refractivity (Wildman–Crippen MR) is 245 cm³/mol. The number of fused-ring (bicyclic) bond motifs is 24. The van der Waals surface area contributed by atoms with E-state index in [4.69, 9.17) is 0 Å². The fraction of sp³-hybridized carbons (Fsp3) is 0. The van der Waals surface area contributed by atoms with Gasteiger partial charge in [0.2, 0.25) is 0 Å². The van der Waals surface area contributed by atoms with Crippen molar-refractivity contribution >= 4 is 152 Å². The second-order valence-corrected chi connectivity index (χ2v) is 16.8. The molecule has 0 amide bonds. The Morgan fingerprint density at radius 2 is 0.379 bits per heavy atom. The normalized spacial score (nSPS) is 13.5. The van der Waals surface area contributed by atoms with Crippen molar-refractivity contribution in [2.75, 3.05) is 0 Å². The molecular formula is C54H26N4. The zero-order valence-electron chi connectivity index (χ0n) is 30.8. The van der Waals surface area contributed by atoms with E-state index >= 15 is 0 Å². The average molecular weight is 731 g/mol. The summed E-state index contributed by atoms with van der Waals surface area (Å²) < 4.78 is 10.1. The number of rotatable bonds is 0. The van der Waals surface area contributed by atoms with Gasteiger partial charge in [-0.15, -0.1) is 0 Å². The molecule has 0 N–H and O–H groups in total. The summed E-state index contributed by atoms with van der Waals surface area (Å²) in [6.45, 7) is 0. The van der Waals surface area contributed by atoms with Gasteiger partial charge in [0, 0.05) is 86.2 Å². The highest BCUT2D eigenvalue weighted by molar-refractivity contribution is 6.33. The van der Waals surface area contributed by atoms with Gasteiger partial charge < -0.3 is 17.6 Å². The minimum absolute atomic E-state index is 1.27. The van der Waals surface area contributed by atoms with Crippen LogP contribution in [0.1, 0.15) is 0 Å². The van der Waals surface area contributed by atoms with E-state index in [1.54, 1.807) is 0 Å². The van der Waals surface area contributed by atoms with Gasteiger partial charge in [0.1, 0.15) is 0 Å². The molecule has 17 rings (SSSR count). The Balaban J connectivity index is 1.02. The molecule has 4 heteroatoms. The van der Waals surface area contributed by atoms with Crippen molar-refractivity contribution in [2.45, 2.75) is 0 Å². The van der Waals surface area contributed by atoms with Crippen LogP contribution < -0.4 is 0 Å². The van der Waals surface area contributed by atoms with E-state index in [0.29, 0.717) is 0 Å². The molecule has 0 saturated carbocycles. The monoisotopic (exact) mass is 730 g/mol. The average Bonchev–Trinajstić information content (AvgIpc) is 4.15. The Morgan fingerprint density at radius 3 is 0.655 bits per heavy atom. The molecule has 0 radical (unpaired) electrons. The van der Waals surface area contributed by atoms with Gasteiger partial charge in [-0.3, -0.25) is 0 Å². The maximum absolute atomic E-state index is 2.57. The first-order chi connectivity index (χ1) is 28.8. The molecule has 17 aromatic rings. The van der Waals surface area contributed by atoms with E-state index < -0.39 is 0 Å². The van der Waals surface area contributed by atoms with Crippen molar-refractivity contribution in [3.05, 3.63) is 158 Å². The van der Waals surface area contributed by atoms with E-state index in [9.17, 15) is 0 Å². The Labute approximate surface area is 326 Å². The van der Waals surface area contributed by atoms with Crippen molar-refractivity contribution < 1.29 is 0 Å². The molecule has 0 spiro atoms. The summed E-state index contributed by atoms with van der Waals surface area (Å²) in [6.07, 6.45) is 0. The molecule has 0 unspecified atom stereocenters. The van der Waals surface area contributed by atoms with Gasteiger partial charge in [-0.05, 0) is 48.5 Å². The molecule has 8 heterocycles. The minimum atomic E-state index is 1.27. The third-order valence-electron chi connectivity index (χ3n) is 14.4. The van der Waals surface area contributed by atoms with Crippen LogP contribution in [0.2, 0.25) is 0 Å². The van der Waals surface area contributed by atoms with Gasteiger partial charge in [0.25, 0.3) is 0 Å².